The summed E-state index contributed by atoms with van der Waals surface area (Å²) in [6.45, 7) is 6.93. The number of rotatable bonds is 10. The lowest BCUT2D eigenvalue weighted by atomic mass is 9.33. The van der Waals surface area contributed by atoms with Crippen molar-refractivity contribution in [1.29, 1.82) is 0 Å². The summed E-state index contributed by atoms with van der Waals surface area (Å²) in [5.74, 6) is 0. The standard InChI is InChI=1S/C70H55BN4/c1-70(2,3)54-46-67-69-68(47-54)75(60-40-36-53(37-41-60)51-24-12-5-13-25-51)66-49-62(73(57-30-18-8-19-31-57)58-32-20-9-21-33-58)43-45-64(66)71(69)63-44-42-61(72(55-26-14-6-15-27-55)56-28-16-7-17-29-56)48-65(63)74(67)59-38-34-52(35-39-59)50-22-10-4-11-23-50/h4-49H,1-3H3. The Balaban J connectivity index is 1.09. The van der Waals surface area contributed by atoms with Crippen LogP contribution in [0.25, 0.3) is 22.3 Å². The maximum Gasteiger partial charge on any atom is 0.252 e. The molecule has 0 bridgehead atoms. The third-order valence-electron chi connectivity index (χ3n) is 14.9. The van der Waals surface area contributed by atoms with Gasteiger partial charge in [0.15, 0.2) is 0 Å². The molecule has 5 heteroatoms. The Morgan fingerprint density at radius 1 is 0.293 bits per heavy atom. The highest BCUT2D eigenvalue weighted by molar-refractivity contribution is 7.00. The fourth-order valence-corrected chi connectivity index (χ4v) is 11.3. The van der Waals surface area contributed by atoms with E-state index in [-0.39, 0.29) is 12.1 Å². The van der Waals surface area contributed by atoms with Crippen molar-refractivity contribution >= 4 is 91.3 Å². The van der Waals surface area contributed by atoms with E-state index in [2.05, 4.69) is 319 Å². The molecular formula is C70H55BN4. The summed E-state index contributed by atoms with van der Waals surface area (Å²) in [5.41, 5.74) is 23.1. The van der Waals surface area contributed by atoms with Gasteiger partial charge in [-0.3, -0.25) is 0 Å². The van der Waals surface area contributed by atoms with Gasteiger partial charge in [0.05, 0.1) is 0 Å². The van der Waals surface area contributed by atoms with Gasteiger partial charge in [-0.2, -0.15) is 0 Å². The molecule has 11 aromatic carbocycles. The summed E-state index contributed by atoms with van der Waals surface area (Å²) in [6, 6.07) is 102. The lowest BCUT2D eigenvalue weighted by Crippen LogP contribution is -2.61. The molecule has 0 unspecified atom stereocenters. The lowest BCUT2D eigenvalue weighted by Gasteiger charge is -2.45. The molecule has 0 radical (unpaired) electrons. The number of hydrogen-bond acceptors (Lipinski definition) is 4. The maximum absolute atomic E-state index is 2.55. The highest BCUT2D eigenvalue weighted by atomic mass is 15.2. The van der Waals surface area contributed by atoms with Crippen LogP contribution in [0, 0.1) is 0 Å². The molecule has 0 saturated heterocycles. The van der Waals surface area contributed by atoms with Crippen molar-refractivity contribution < 1.29 is 0 Å². The fourth-order valence-electron chi connectivity index (χ4n) is 11.3. The lowest BCUT2D eigenvalue weighted by molar-refractivity contribution is 0.590. The van der Waals surface area contributed by atoms with Crippen LogP contribution in [-0.2, 0) is 5.41 Å². The Kier molecular flexibility index (Phi) is 11.5. The average Bonchev–Trinajstić information content (AvgIpc) is 3.47. The molecule has 2 aliphatic rings. The summed E-state index contributed by atoms with van der Waals surface area (Å²) in [7, 11) is 0. The molecule has 0 spiro atoms. The van der Waals surface area contributed by atoms with Crippen molar-refractivity contribution in [2.45, 2.75) is 26.2 Å². The molecule has 0 amide bonds. The number of benzene rings is 11. The van der Waals surface area contributed by atoms with E-state index in [1.807, 2.05) is 0 Å². The molecule has 0 aromatic heterocycles. The van der Waals surface area contributed by atoms with Crippen LogP contribution in [0.3, 0.4) is 0 Å². The summed E-state index contributed by atoms with van der Waals surface area (Å²) >= 11 is 0. The molecule has 11 aromatic rings. The van der Waals surface area contributed by atoms with E-state index >= 15 is 0 Å². The predicted molar refractivity (Wildman–Crippen MR) is 319 cm³/mol. The van der Waals surface area contributed by atoms with Gasteiger partial charge in [0.1, 0.15) is 0 Å². The largest absolute Gasteiger partial charge is 0.311 e. The Morgan fingerprint density at radius 2 is 0.600 bits per heavy atom. The van der Waals surface area contributed by atoms with Crippen molar-refractivity contribution in [2.75, 3.05) is 19.6 Å². The topological polar surface area (TPSA) is 13.0 Å². The fraction of sp³-hybridized carbons (Fsp3) is 0.0571. The van der Waals surface area contributed by atoms with E-state index < -0.39 is 0 Å². The molecule has 0 saturated carbocycles. The minimum atomic E-state index is -0.189. The summed E-state index contributed by atoms with van der Waals surface area (Å²) < 4.78 is 0. The number of para-hydroxylation sites is 4. The zero-order chi connectivity index (χ0) is 50.5. The van der Waals surface area contributed by atoms with Crippen molar-refractivity contribution in [3.05, 3.63) is 285 Å². The first-order chi connectivity index (χ1) is 36.9. The van der Waals surface area contributed by atoms with Crippen LogP contribution in [-0.4, -0.2) is 6.71 Å². The molecule has 2 aliphatic heterocycles. The molecule has 13 rings (SSSR count). The van der Waals surface area contributed by atoms with Gasteiger partial charge in [-0.1, -0.05) is 191 Å². The zero-order valence-electron chi connectivity index (χ0n) is 42.4. The van der Waals surface area contributed by atoms with Gasteiger partial charge in [-0.05, 0) is 159 Å². The second-order valence-electron chi connectivity index (χ2n) is 20.6. The number of anilines is 12. The summed E-state index contributed by atoms with van der Waals surface area (Å²) in [4.78, 5) is 9.87. The third kappa shape index (κ3) is 8.33. The number of nitrogens with zero attached hydrogens (tertiary/aromatic N) is 4. The molecular weight excluding hydrogens is 908 g/mol. The van der Waals surface area contributed by atoms with Crippen molar-refractivity contribution in [3.63, 3.8) is 0 Å². The second-order valence-corrected chi connectivity index (χ2v) is 20.6. The Labute approximate surface area is 441 Å². The van der Waals surface area contributed by atoms with Crippen LogP contribution >= 0.6 is 0 Å². The van der Waals surface area contributed by atoms with Gasteiger partial charge in [-0.15, -0.1) is 0 Å². The average molecular weight is 963 g/mol. The molecule has 0 atom stereocenters. The van der Waals surface area contributed by atoms with E-state index in [0.717, 1.165) is 56.9 Å². The molecule has 2 heterocycles. The van der Waals surface area contributed by atoms with Gasteiger partial charge in [-0.25, -0.2) is 0 Å². The molecule has 0 N–H and O–H groups in total. The molecule has 0 fully saturated rings. The normalized spacial score (nSPS) is 12.4. The van der Waals surface area contributed by atoms with Gasteiger partial charge in [0.25, 0.3) is 6.71 Å². The van der Waals surface area contributed by atoms with Crippen molar-refractivity contribution in [2.24, 2.45) is 0 Å². The van der Waals surface area contributed by atoms with Crippen LogP contribution in [0.4, 0.5) is 68.2 Å². The third-order valence-corrected chi connectivity index (χ3v) is 14.9. The first-order valence-electron chi connectivity index (χ1n) is 26.0. The van der Waals surface area contributed by atoms with Crippen LogP contribution in [0.1, 0.15) is 26.3 Å². The Morgan fingerprint density at radius 3 is 0.920 bits per heavy atom. The highest BCUT2D eigenvalue weighted by Gasteiger charge is 2.44. The van der Waals surface area contributed by atoms with E-state index in [0.29, 0.717) is 0 Å². The predicted octanol–water partition coefficient (Wildman–Crippen LogP) is 17.3. The van der Waals surface area contributed by atoms with Gasteiger partial charge < -0.3 is 19.6 Å². The maximum atomic E-state index is 2.55. The van der Waals surface area contributed by atoms with Gasteiger partial charge in [0.2, 0.25) is 0 Å². The Bertz CT molecular complexity index is 3470. The molecule has 0 aliphatic carbocycles. The van der Waals surface area contributed by atoms with Crippen molar-refractivity contribution in [3.8, 4) is 22.3 Å². The molecule has 358 valence electrons. The second kappa shape index (κ2) is 18.9. The van der Waals surface area contributed by atoms with Gasteiger partial charge in [0, 0.05) is 68.2 Å². The van der Waals surface area contributed by atoms with E-state index in [9.17, 15) is 0 Å². The van der Waals surface area contributed by atoms with Gasteiger partial charge >= 0.3 is 0 Å². The van der Waals surface area contributed by atoms with E-state index in [1.165, 1.54) is 55.6 Å². The molecule has 4 nitrogen and oxygen atoms in total. The summed E-state index contributed by atoms with van der Waals surface area (Å²) in [5, 5.41) is 0. The van der Waals surface area contributed by atoms with Crippen LogP contribution in [0.15, 0.2) is 279 Å². The van der Waals surface area contributed by atoms with Crippen LogP contribution in [0.5, 0.6) is 0 Å². The van der Waals surface area contributed by atoms with Crippen LogP contribution in [0.2, 0.25) is 0 Å². The summed E-state index contributed by atoms with van der Waals surface area (Å²) in [6.07, 6.45) is 0. The monoisotopic (exact) mass is 962 g/mol. The van der Waals surface area contributed by atoms with Crippen LogP contribution < -0.4 is 36.0 Å². The minimum absolute atomic E-state index is 0.0967. The number of fused-ring (bicyclic) bond motifs is 4. The first-order valence-corrected chi connectivity index (χ1v) is 26.0. The molecule has 75 heavy (non-hydrogen) atoms. The first kappa shape index (κ1) is 45.5. The van der Waals surface area contributed by atoms with E-state index in [1.54, 1.807) is 0 Å². The minimum Gasteiger partial charge on any atom is -0.311 e. The SMILES string of the molecule is CC(C)(C)c1cc2c3c(c1)N(c1ccc(-c4ccccc4)cc1)c1cc(N(c4ccccc4)c4ccccc4)ccc1B3c1ccc(N(c3ccccc3)c3ccccc3)cc1N2c1ccc(-c2ccccc2)cc1. The number of hydrogen-bond donors (Lipinski definition) is 0. The zero-order valence-corrected chi connectivity index (χ0v) is 42.4. The quantitative estimate of drug-likeness (QED) is 0.127. The van der Waals surface area contributed by atoms with Crippen molar-refractivity contribution in [1.82, 2.24) is 0 Å². The Hall–Kier alpha value is -9.32. The smallest absolute Gasteiger partial charge is 0.252 e. The highest BCUT2D eigenvalue weighted by Crippen LogP contribution is 2.49. The van der Waals surface area contributed by atoms with E-state index in [4.69, 9.17) is 0 Å².